The number of rotatable bonds is 6. The van der Waals surface area contributed by atoms with Crippen LogP contribution in [0.3, 0.4) is 0 Å². The number of hydrogen-bond acceptors (Lipinski definition) is 4. The Morgan fingerprint density at radius 1 is 1.09 bits per heavy atom. The van der Waals surface area contributed by atoms with Crippen LogP contribution in [0.25, 0.3) is 0 Å². The van der Waals surface area contributed by atoms with E-state index in [4.69, 9.17) is 23.2 Å². The molecule has 1 aliphatic rings. The van der Waals surface area contributed by atoms with Crippen LogP contribution >= 0.6 is 23.2 Å². The summed E-state index contributed by atoms with van der Waals surface area (Å²) in [5.74, 6) is -0.458. The molecular weight excluding hydrogens is 485 g/mol. The lowest BCUT2D eigenvalue weighted by Crippen LogP contribution is -2.61. The summed E-state index contributed by atoms with van der Waals surface area (Å²) in [5, 5.41) is 3.62. The molecule has 2 aromatic carbocycles. The molecule has 1 aliphatic heterocycles. The molecule has 3 rings (SSSR count). The van der Waals surface area contributed by atoms with Crippen LogP contribution in [0.1, 0.15) is 37.8 Å². The summed E-state index contributed by atoms with van der Waals surface area (Å²) in [6.07, 6.45) is 0. The lowest BCUT2D eigenvalue weighted by molar-refractivity contribution is -0.134. The molecule has 0 radical (unpaired) electrons. The van der Waals surface area contributed by atoms with Gasteiger partial charge in [0.15, 0.2) is 0 Å². The molecule has 178 valence electrons. The van der Waals surface area contributed by atoms with Crippen molar-refractivity contribution in [2.45, 2.75) is 44.2 Å². The summed E-state index contributed by atoms with van der Waals surface area (Å²) in [7, 11) is -3.95. The summed E-state index contributed by atoms with van der Waals surface area (Å²) in [6, 6.07) is 10.5. The minimum atomic E-state index is -3.95. The number of carbonyl (C=O) groups is 2. The lowest BCUT2D eigenvalue weighted by atomic mass is 10.0. The van der Waals surface area contributed by atoms with E-state index in [9.17, 15) is 18.0 Å². The van der Waals surface area contributed by atoms with Crippen molar-refractivity contribution in [3.05, 3.63) is 63.6 Å². The maximum absolute atomic E-state index is 13.4. The first-order valence-electron chi connectivity index (χ1n) is 10.6. The second-order valence-corrected chi connectivity index (χ2v) is 11.0. The van der Waals surface area contributed by atoms with Crippen LogP contribution < -0.4 is 5.32 Å². The summed E-state index contributed by atoms with van der Waals surface area (Å²) < 4.78 is 28.0. The van der Waals surface area contributed by atoms with Crippen molar-refractivity contribution >= 4 is 45.0 Å². The highest BCUT2D eigenvalue weighted by atomic mass is 35.5. The molecule has 10 heteroatoms. The molecule has 33 heavy (non-hydrogen) atoms. The summed E-state index contributed by atoms with van der Waals surface area (Å²) in [4.78, 5) is 26.7. The third kappa shape index (κ3) is 5.87. The first-order valence-corrected chi connectivity index (χ1v) is 12.8. The molecule has 1 unspecified atom stereocenters. The van der Waals surface area contributed by atoms with E-state index < -0.39 is 22.0 Å². The van der Waals surface area contributed by atoms with E-state index in [1.54, 1.807) is 42.5 Å². The fourth-order valence-electron chi connectivity index (χ4n) is 3.68. The van der Waals surface area contributed by atoms with Crippen LogP contribution in [0.5, 0.6) is 0 Å². The first kappa shape index (κ1) is 25.5. The minimum Gasteiger partial charge on any atom is -0.351 e. The van der Waals surface area contributed by atoms with E-state index in [0.717, 1.165) is 5.56 Å². The molecule has 1 fully saturated rings. The summed E-state index contributed by atoms with van der Waals surface area (Å²) >= 11 is 12.1. The van der Waals surface area contributed by atoms with Crippen LogP contribution in [0.2, 0.25) is 10.0 Å². The van der Waals surface area contributed by atoms with Gasteiger partial charge in [-0.25, -0.2) is 8.42 Å². The van der Waals surface area contributed by atoms with Gasteiger partial charge in [0, 0.05) is 43.1 Å². The number of halogens is 2. The maximum atomic E-state index is 13.4. The van der Waals surface area contributed by atoms with Gasteiger partial charge in [0.2, 0.25) is 21.8 Å². The Balaban J connectivity index is 1.85. The van der Waals surface area contributed by atoms with E-state index in [2.05, 4.69) is 5.32 Å². The van der Waals surface area contributed by atoms with Crippen molar-refractivity contribution < 1.29 is 18.0 Å². The maximum Gasteiger partial charge on any atom is 0.243 e. The fraction of sp³-hybridized carbons (Fsp3) is 0.391. The minimum absolute atomic E-state index is 0.0215. The number of piperazine rings is 1. The number of hydrogen-bond donors (Lipinski definition) is 1. The number of carbonyl (C=O) groups excluding carboxylic acids is 2. The summed E-state index contributed by atoms with van der Waals surface area (Å²) in [6.45, 7) is 5.76. The quantitative estimate of drug-likeness (QED) is 0.640. The van der Waals surface area contributed by atoms with Gasteiger partial charge < -0.3 is 10.2 Å². The Labute approximate surface area is 204 Å². The predicted octanol–water partition coefficient (Wildman–Crippen LogP) is 3.65. The van der Waals surface area contributed by atoms with E-state index in [-0.39, 0.29) is 42.9 Å². The smallest absolute Gasteiger partial charge is 0.243 e. The molecule has 7 nitrogen and oxygen atoms in total. The highest BCUT2D eigenvalue weighted by Crippen LogP contribution is 2.25. The van der Waals surface area contributed by atoms with Gasteiger partial charge in [-0.05, 0) is 41.3 Å². The van der Waals surface area contributed by atoms with Gasteiger partial charge >= 0.3 is 0 Å². The van der Waals surface area contributed by atoms with Gasteiger partial charge in [0.1, 0.15) is 6.04 Å². The molecular formula is C23H27Cl2N3O4S. The Bertz CT molecular complexity index is 1140. The molecule has 1 N–H and O–H groups in total. The standard InChI is InChI=1S/C23H27Cl2N3O4S/c1-15(2)17-5-8-20(9-6-17)33(31,32)28-11-10-27(16(3)29)14-22(28)23(30)26-13-18-4-7-19(24)12-21(18)25/h4-9,12,15,22H,10-11,13-14H2,1-3H3,(H,26,30). The molecule has 1 heterocycles. The highest BCUT2D eigenvalue weighted by molar-refractivity contribution is 7.89. The largest absolute Gasteiger partial charge is 0.351 e. The van der Waals surface area contributed by atoms with Crippen molar-refractivity contribution in [1.82, 2.24) is 14.5 Å². The van der Waals surface area contributed by atoms with Gasteiger partial charge in [0.05, 0.1) is 4.90 Å². The number of benzene rings is 2. The average molecular weight is 512 g/mol. The van der Waals surface area contributed by atoms with Crippen LogP contribution in [0, 0.1) is 0 Å². The molecule has 1 atom stereocenters. The molecule has 1 saturated heterocycles. The zero-order valence-corrected chi connectivity index (χ0v) is 21.0. The van der Waals surface area contributed by atoms with Crippen LogP contribution in [-0.2, 0) is 26.2 Å². The molecule has 0 aliphatic carbocycles. The third-order valence-corrected chi connectivity index (χ3v) is 8.21. The number of nitrogens with one attached hydrogen (secondary N) is 1. The zero-order valence-electron chi connectivity index (χ0n) is 18.7. The average Bonchev–Trinajstić information content (AvgIpc) is 2.77. The summed E-state index contributed by atoms with van der Waals surface area (Å²) in [5.41, 5.74) is 1.66. The van der Waals surface area contributed by atoms with Gasteiger partial charge in [-0.1, -0.05) is 55.2 Å². The monoisotopic (exact) mass is 511 g/mol. The molecule has 0 saturated carbocycles. The van der Waals surface area contributed by atoms with Crippen LogP contribution in [-0.4, -0.2) is 55.1 Å². The van der Waals surface area contributed by atoms with Crippen molar-refractivity contribution in [3.63, 3.8) is 0 Å². The van der Waals surface area contributed by atoms with Crippen molar-refractivity contribution in [2.24, 2.45) is 0 Å². The second-order valence-electron chi connectivity index (χ2n) is 8.27. The zero-order chi connectivity index (χ0) is 24.3. The van der Waals surface area contributed by atoms with Gasteiger partial charge in [-0.3, -0.25) is 9.59 Å². The third-order valence-electron chi connectivity index (χ3n) is 5.70. The highest BCUT2D eigenvalue weighted by Gasteiger charge is 2.40. The number of amides is 2. The first-order chi connectivity index (χ1) is 15.5. The Hall–Kier alpha value is -2.13. The fourth-order valence-corrected chi connectivity index (χ4v) is 5.72. The topological polar surface area (TPSA) is 86.8 Å². The Morgan fingerprint density at radius 3 is 2.33 bits per heavy atom. The normalized spacial score (nSPS) is 17.3. The Morgan fingerprint density at radius 2 is 1.76 bits per heavy atom. The second kappa shape index (κ2) is 10.4. The van der Waals surface area contributed by atoms with Gasteiger partial charge in [0.25, 0.3) is 0 Å². The van der Waals surface area contributed by atoms with Crippen LogP contribution in [0.4, 0.5) is 0 Å². The molecule has 0 spiro atoms. The van der Waals surface area contributed by atoms with E-state index in [1.165, 1.54) is 16.1 Å². The molecule has 2 aromatic rings. The molecule has 0 bridgehead atoms. The van der Waals surface area contributed by atoms with Gasteiger partial charge in [-0.2, -0.15) is 4.31 Å². The number of nitrogens with zero attached hydrogens (tertiary/aromatic N) is 2. The van der Waals surface area contributed by atoms with E-state index >= 15 is 0 Å². The van der Waals surface area contributed by atoms with E-state index in [1.807, 2.05) is 13.8 Å². The predicted molar refractivity (Wildman–Crippen MR) is 129 cm³/mol. The van der Waals surface area contributed by atoms with Crippen LogP contribution in [0.15, 0.2) is 47.4 Å². The van der Waals surface area contributed by atoms with Crippen molar-refractivity contribution in [2.75, 3.05) is 19.6 Å². The Kier molecular flexibility index (Phi) is 8.05. The van der Waals surface area contributed by atoms with Gasteiger partial charge in [-0.15, -0.1) is 0 Å². The lowest BCUT2D eigenvalue weighted by Gasteiger charge is -2.39. The molecule has 2 amide bonds. The molecule has 0 aromatic heterocycles. The number of sulfonamides is 1. The van der Waals surface area contributed by atoms with Crippen molar-refractivity contribution in [3.8, 4) is 0 Å². The van der Waals surface area contributed by atoms with E-state index in [0.29, 0.717) is 15.6 Å². The SMILES string of the molecule is CC(=O)N1CCN(S(=O)(=O)c2ccc(C(C)C)cc2)C(C(=O)NCc2ccc(Cl)cc2Cl)C1. The van der Waals surface area contributed by atoms with Crippen molar-refractivity contribution in [1.29, 1.82) is 0 Å².